The summed E-state index contributed by atoms with van der Waals surface area (Å²) in [6.45, 7) is 4.16. The second-order valence-corrected chi connectivity index (χ2v) is 7.37. The lowest BCUT2D eigenvalue weighted by atomic mass is 9.97. The zero-order chi connectivity index (χ0) is 20.2. The van der Waals surface area contributed by atoms with E-state index in [0.29, 0.717) is 6.42 Å². The third-order valence-corrected chi connectivity index (χ3v) is 5.05. The minimum atomic E-state index is -0.0274. The number of H-pyrrole nitrogens is 1. The molecule has 1 heterocycles. The summed E-state index contributed by atoms with van der Waals surface area (Å²) in [5.41, 5.74) is 7.02. The number of fused-ring (bicyclic) bond motifs is 1. The van der Waals surface area contributed by atoms with E-state index in [4.69, 9.17) is 0 Å². The third kappa shape index (κ3) is 4.21. The van der Waals surface area contributed by atoms with E-state index < -0.39 is 0 Å². The maximum Gasteiger partial charge on any atom is 0.228 e. The number of nitrogens with one attached hydrogen (secondary N) is 2. The van der Waals surface area contributed by atoms with Crippen LogP contribution in [0.2, 0.25) is 0 Å². The van der Waals surface area contributed by atoms with Crippen molar-refractivity contribution in [2.75, 3.05) is 5.32 Å². The van der Waals surface area contributed by atoms with Crippen LogP contribution < -0.4 is 5.32 Å². The first-order valence-corrected chi connectivity index (χ1v) is 10.1. The molecule has 1 amide bonds. The van der Waals surface area contributed by atoms with Gasteiger partial charge in [0.2, 0.25) is 5.91 Å². The van der Waals surface area contributed by atoms with E-state index in [1.165, 1.54) is 0 Å². The van der Waals surface area contributed by atoms with Gasteiger partial charge < -0.3 is 10.3 Å². The molecular formula is C25H25N3O. The maximum atomic E-state index is 12.8. The first-order valence-electron chi connectivity index (χ1n) is 10.1. The lowest BCUT2D eigenvalue weighted by molar-refractivity contribution is -0.115. The van der Waals surface area contributed by atoms with Gasteiger partial charge in [0.05, 0.1) is 17.5 Å². The van der Waals surface area contributed by atoms with E-state index in [1.807, 2.05) is 55.5 Å². The molecule has 0 unspecified atom stereocenters. The summed E-state index contributed by atoms with van der Waals surface area (Å²) >= 11 is 0. The van der Waals surface area contributed by atoms with Crippen LogP contribution in [0, 0.1) is 6.92 Å². The lowest BCUT2D eigenvalue weighted by Gasteiger charge is -2.11. The van der Waals surface area contributed by atoms with E-state index in [0.717, 1.165) is 57.6 Å². The van der Waals surface area contributed by atoms with Crippen molar-refractivity contribution < 1.29 is 4.79 Å². The van der Waals surface area contributed by atoms with Gasteiger partial charge in [0.15, 0.2) is 0 Å². The van der Waals surface area contributed by atoms with Crippen LogP contribution in [0.25, 0.3) is 22.2 Å². The number of hydrogen-bond donors (Lipinski definition) is 2. The summed E-state index contributed by atoms with van der Waals surface area (Å²) in [5.74, 6) is 0.964. The van der Waals surface area contributed by atoms with E-state index in [-0.39, 0.29) is 5.91 Å². The first kappa shape index (κ1) is 18.9. The van der Waals surface area contributed by atoms with Crippen LogP contribution in [0.1, 0.15) is 30.3 Å². The van der Waals surface area contributed by atoms with E-state index in [1.54, 1.807) is 0 Å². The molecule has 4 rings (SSSR count). The number of aromatic nitrogens is 2. The van der Waals surface area contributed by atoms with Gasteiger partial charge in [0.1, 0.15) is 5.82 Å². The fourth-order valence-corrected chi connectivity index (χ4v) is 3.72. The van der Waals surface area contributed by atoms with Crippen molar-refractivity contribution in [1.29, 1.82) is 0 Å². The van der Waals surface area contributed by atoms with Gasteiger partial charge >= 0.3 is 0 Å². The van der Waals surface area contributed by atoms with E-state index in [2.05, 4.69) is 40.4 Å². The number of benzene rings is 3. The molecule has 0 bridgehead atoms. The maximum absolute atomic E-state index is 12.8. The van der Waals surface area contributed by atoms with E-state index >= 15 is 0 Å². The summed E-state index contributed by atoms with van der Waals surface area (Å²) in [6.07, 6.45) is 2.29. The fraction of sp³-hybridized carbons (Fsp3) is 0.200. The molecule has 0 atom stereocenters. The van der Waals surface area contributed by atoms with Crippen LogP contribution >= 0.6 is 0 Å². The van der Waals surface area contributed by atoms with Crippen molar-refractivity contribution in [3.8, 4) is 11.1 Å². The Balaban J connectivity index is 1.55. The summed E-state index contributed by atoms with van der Waals surface area (Å²) in [6, 6.07) is 22.2. The molecule has 29 heavy (non-hydrogen) atoms. The number of nitrogens with zero attached hydrogens (tertiary/aromatic N) is 1. The quantitative estimate of drug-likeness (QED) is 0.450. The SMILES string of the molecule is CCCc1nc2c(C)cc(NC(=O)Cc3ccccc3-c3ccccc3)cc2[nH]1. The van der Waals surface area contributed by atoms with Gasteiger partial charge in [0.25, 0.3) is 0 Å². The highest BCUT2D eigenvalue weighted by molar-refractivity contribution is 5.95. The van der Waals surface area contributed by atoms with Gasteiger partial charge in [-0.15, -0.1) is 0 Å². The van der Waals surface area contributed by atoms with Crippen LogP contribution in [-0.4, -0.2) is 15.9 Å². The number of rotatable bonds is 6. The van der Waals surface area contributed by atoms with Gasteiger partial charge in [-0.1, -0.05) is 61.5 Å². The van der Waals surface area contributed by atoms with E-state index in [9.17, 15) is 4.79 Å². The molecule has 3 aromatic carbocycles. The Labute approximate surface area is 171 Å². The number of carbonyl (C=O) groups excluding carboxylic acids is 1. The van der Waals surface area contributed by atoms with Gasteiger partial charge in [0, 0.05) is 12.1 Å². The molecule has 0 aliphatic heterocycles. The predicted octanol–water partition coefficient (Wildman–Crippen LogP) is 5.67. The average molecular weight is 383 g/mol. The number of aryl methyl sites for hydroxylation is 2. The summed E-state index contributed by atoms with van der Waals surface area (Å²) in [4.78, 5) is 20.8. The zero-order valence-electron chi connectivity index (χ0n) is 16.8. The van der Waals surface area contributed by atoms with Crippen molar-refractivity contribution in [2.24, 2.45) is 0 Å². The highest BCUT2D eigenvalue weighted by Crippen LogP contribution is 2.25. The molecule has 0 saturated heterocycles. The molecule has 0 saturated carbocycles. The average Bonchev–Trinajstić information content (AvgIpc) is 3.12. The molecule has 146 valence electrons. The lowest BCUT2D eigenvalue weighted by Crippen LogP contribution is -2.15. The molecule has 0 aliphatic carbocycles. The third-order valence-electron chi connectivity index (χ3n) is 5.05. The van der Waals surface area contributed by atoms with Crippen LogP contribution in [-0.2, 0) is 17.6 Å². The van der Waals surface area contributed by atoms with Crippen LogP contribution in [0.5, 0.6) is 0 Å². The molecule has 4 heteroatoms. The highest BCUT2D eigenvalue weighted by atomic mass is 16.1. The molecule has 1 aromatic heterocycles. The number of amides is 1. The van der Waals surface area contributed by atoms with Crippen molar-refractivity contribution in [1.82, 2.24) is 9.97 Å². The number of anilines is 1. The summed E-state index contributed by atoms with van der Waals surface area (Å²) in [5, 5.41) is 3.06. The predicted molar refractivity (Wildman–Crippen MR) is 119 cm³/mol. The molecule has 2 N–H and O–H groups in total. The number of aromatic amines is 1. The van der Waals surface area contributed by atoms with Crippen LogP contribution in [0.3, 0.4) is 0 Å². The van der Waals surface area contributed by atoms with Gasteiger partial charge in [-0.2, -0.15) is 0 Å². The minimum absolute atomic E-state index is 0.0274. The van der Waals surface area contributed by atoms with Crippen LogP contribution in [0.15, 0.2) is 66.7 Å². The van der Waals surface area contributed by atoms with Gasteiger partial charge in [-0.3, -0.25) is 4.79 Å². The monoisotopic (exact) mass is 383 g/mol. The van der Waals surface area contributed by atoms with Crippen molar-refractivity contribution >= 4 is 22.6 Å². The molecule has 0 radical (unpaired) electrons. The zero-order valence-corrected chi connectivity index (χ0v) is 16.8. The highest BCUT2D eigenvalue weighted by Gasteiger charge is 2.12. The Morgan fingerprint density at radius 2 is 1.79 bits per heavy atom. The summed E-state index contributed by atoms with van der Waals surface area (Å²) in [7, 11) is 0. The molecule has 0 aliphatic rings. The Morgan fingerprint density at radius 1 is 1.03 bits per heavy atom. The number of hydrogen-bond acceptors (Lipinski definition) is 2. The second kappa shape index (κ2) is 8.31. The normalized spacial score (nSPS) is 11.0. The standard InChI is InChI=1S/C25H25N3O/c1-3-9-23-27-22-16-20(14-17(2)25(22)28-23)26-24(29)15-19-12-7-8-13-21(19)18-10-5-4-6-11-18/h4-8,10-14,16H,3,9,15H2,1-2H3,(H,26,29)(H,27,28). The Morgan fingerprint density at radius 3 is 2.59 bits per heavy atom. The number of carbonyl (C=O) groups is 1. The number of imidazole rings is 1. The Bertz CT molecular complexity index is 1150. The van der Waals surface area contributed by atoms with Gasteiger partial charge in [-0.05, 0) is 47.7 Å². The smallest absolute Gasteiger partial charge is 0.228 e. The Kier molecular flexibility index (Phi) is 5.43. The Hall–Kier alpha value is -3.40. The molecule has 4 aromatic rings. The molecule has 4 nitrogen and oxygen atoms in total. The minimum Gasteiger partial charge on any atom is -0.342 e. The molecular weight excluding hydrogens is 358 g/mol. The largest absolute Gasteiger partial charge is 0.342 e. The van der Waals surface area contributed by atoms with Crippen molar-refractivity contribution in [2.45, 2.75) is 33.1 Å². The molecule has 0 fully saturated rings. The first-order chi connectivity index (χ1) is 14.1. The molecule has 0 spiro atoms. The summed E-state index contributed by atoms with van der Waals surface area (Å²) < 4.78 is 0. The topological polar surface area (TPSA) is 57.8 Å². The van der Waals surface area contributed by atoms with Crippen LogP contribution in [0.4, 0.5) is 5.69 Å². The second-order valence-electron chi connectivity index (χ2n) is 7.37. The fourth-order valence-electron chi connectivity index (χ4n) is 3.72. The van der Waals surface area contributed by atoms with Crippen molar-refractivity contribution in [3.63, 3.8) is 0 Å². The van der Waals surface area contributed by atoms with Crippen molar-refractivity contribution in [3.05, 3.63) is 83.7 Å². The van der Waals surface area contributed by atoms with Gasteiger partial charge in [-0.25, -0.2) is 4.98 Å².